The van der Waals surface area contributed by atoms with Crippen LogP contribution in [-0.2, 0) is 6.18 Å². The van der Waals surface area contributed by atoms with E-state index < -0.39 is 67.7 Å². The Kier molecular flexibility index (Phi) is 8.08. The molecule has 0 unspecified atom stereocenters. The van der Waals surface area contributed by atoms with E-state index in [9.17, 15) is 9.65 Å². The molecule has 0 saturated heterocycles. The molecule has 228 valence electrons. The number of halogens is 6. The monoisotopic (exact) mass is 649 g/mol. The van der Waals surface area contributed by atoms with Gasteiger partial charge < -0.3 is 25.8 Å². The van der Waals surface area contributed by atoms with E-state index >= 15 is 17.6 Å². The topological polar surface area (TPSA) is 136 Å². The first-order chi connectivity index (χ1) is 20.8. The van der Waals surface area contributed by atoms with E-state index in [1.807, 2.05) is 0 Å². The average Bonchev–Trinajstić information content (AvgIpc) is 3.15. The van der Waals surface area contributed by atoms with Crippen LogP contribution < -0.4 is 25.8 Å². The normalized spacial score (nSPS) is 13.7. The molecule has 9 nitrogen and oxygen atoms in total. The number of nitriles is 1. The molecule has 1 atom stereocenters. The number of hydrogen-bond donors (Lipinski definition) is 2. The second kappa shape index (κ2) is 11.5. The third-order valence-corrected chi connectivity index (χ3v) is 7.95. The van der Waals surface area contributed by atoms with Crippen molar-refractivity contribution in [1.82, 2.24) is 15.0 Å². The van der Waals surface area contributed by atoms with Gasteiger partial charge in [0.15, 0.2) is 5.82 Å². The highest BCUT2D eigenvalue weighted by atomic mass is 35.5. The van der Waals surface area contributed by atoms with Gasteiger partial charge in [0.25, 0.3) is 0 Å². The predicted molar refractivity (Wildman–Crippen MR) is 155 cm³/mol. The summed E-state index contributed by atoms with van der Waals surface area (Å²) in [5, 5.41) is 9.65. The van der Waals surface area contributed by atoms with Crippen molar-refractivity contribution < 1.29 is 31.4 Å². The quantitative estimate of drug-likeness (QED) is 0.174. The van der Waals surface area contributed by atoms with Crippen molar-refractivity contribution in [3.8, 4) is 29.0 Å². The highest BCUT2D eigenvalue weighted by molar-refractivity contribution is 8.03. The fraction of sp³-hybridized carbons (Fsp3) is 0.214. The summed E-state index contributed by atoms with van der Waals surface area (Å²) in [7, 11) is 1.20. The van der Waals surface area contributed by atoms with Crippen molar-refractivity contribution in [1.29, 1.82) is 5.26 Å². The number of nitrogens with zero attached hydrogens (tertiary/aromatic N) is 5. The summed E-state index contributed by atoms with van der Waals surface area (Å²) >= 11 is 6.66. The number of methoxy groups -OCH3 is 1. The molecule has 0 aliphatic carbocycles. The zero-order chi connectivity index (χ0) is 32.1. The first-order valence-electron chi connectivity index (χ1n) is 12.6. The standard InChI is InChI=1S/C28H21ClF5N7O2S/c1-11(15-8-13(29)10-38-25(15)37)41-6-7-43-23-19-22(39-27(42-3)40-26(19)41)21(31)18(20(23)28(32,33)34)14-4-5-17(30)24(16(14)9-35)44-12(2)36/h4-5,8,10-11H,2,6-7,36H2,1,3H3,(H2,37,38)/t11-/m1/s1. The summed E-state index contributed by atoms with van der Waals surface area (Å²) in [5.74, 6) is -3.24. The van der Waals surface area contributed by atoms with Crippen LogP contribution in [0.3, 0.4) is 0 Å². The Morgan fingerprint density at radius 2 is 2.02 bits per heavy atom. The van der Waals surface area contributed by atoms with Crippen LogP contribution in [0.5, 0.6) is 11.8 Å². The number of pyridine rings is 1. The first-order valence-corrected chi connectivity index (χ1v) is 13.8. The third-order valence-electron chi connectivity index (χ3n) is 6.88. The van der Waals surface area contributed by atoms with E-state index in [1.165, 1.54) is 13.3 Å². The number of thioether (sulfide) groups is 1. The maximum atomic E-state index is 16.7. The molecule has 0 saturated carbocycles. The maximum Gasteiger partial charge on any atom is 0.420 e. The van der Waals surface area contributed by atoms with Crippen LogP contribution in [0.2, 0.25) is 5.02 Å². The predicted octanol–water partition coefficient (Wildman–Crippen LogP) is 6.59. The molecular weight excluding hydrogens is 629 g/mol. The number of nitrogen functional groups attached to an aromatic ring is 1. The SMILES string of the molecule is C=C(N)Sc1c(F)ccc(-c2c(C(F)(F)F)c3c4c(nc(OC)nc4c2F)N([C@H](C)c2cc(Cl)cnc2N)CCO3)c1C#N. The Bertz CT molecular complexity index is 1880. The molecule has 4 aromatic rings. The van der Waals surface area contributed by atoms with Crippen molar-refractivity contribution in [2.24, 2.45) is 5.73 Å². The Morgan fingerprint density at radius 1 is 1.30 bits per heavy atom. The van der Waals surface area contributed by atoms with Crippen molar-refractivity contribution in [2.45, 2.75) is 24.0 Å². The van der Waals surface area contributed by atoms with Crippen LogP contribution in [-0.4, -0.2) is 35.2 Å². The number of ether oxygens (including phenoxy) is 2. The Balaban J connectivity index is 1.91. The largest absolute Gasteiger partial charge is 0.490 e. The molecule has 2 aromatic heterocycles. The van der Waals surface area contributed by atoms with E-state index in [1.54, 1.807) is 24.0 Å². The van der Waals surface area contributed by atoms with Gasteiger partial charge in [-0.25, -0.2) is 13.8 Å². The van der Waals surface area contributed by atoms with Gasteiger partial charge in [-0.15, -0.1) is 0 Å². The van der Waals surface area contributed by atoms with Gasteiger partial charge in [-0.2, -0.15) is 28.4 Å². The van der Waals surface area contributed by atoms with E-state index in [-0.39, 0.29) is 40.8 Å². The summed E-state index contributed by atoms with van der Waals surface area (Å²) < 4.78 is 87.4. The van der Waals surface area contributed by atoms with E-state index in [4.69, 9.17) is 32.5 Å². The number of nitrogens with two attached hydrogens (primary N) is 2. The van der Waals surface area contributed by atoms with Gasteiger partial charge in [0.1, 0.15) is 47.0 Å². The Morgan fingerprint density at radius 3 is 2.66 bits per heavy atom. The molecule has 0 radical (unpaired) electrons. The lowest BCUT2D eigenvalue weighted by atomic mass is 9.91. The molecule has 1 aliphatic rings. The number of alkyl halides is 3. The maximum absolute atomic E-state index is 16.7. The lowest BCUT2D eigenvalue weighted by Crippen LogP contribution is -2.31. The van der Waals surface area contributed by atoms with Gasteiger partial charge in [0, 0.05) is 22.9 Å². The number of rotatable bonds is 6. The number of benzene rings is 2. The zero-order valence-corrected chi connectivity index (χ0v) is 24.5. The minimum Gasteiger partial charge on any atom is -0.490 e. The molecule has 44 heavy (non-hydrogen) atoms. The summed E-state index contributed by atoms with van der Waals surface area (Å²) in [6.07, 6.45) is -3.89. The molecule has 0 bridgehead atoms. The lowest BCUT2D eigenvalue weighted by Gasteiger charge is -2.30. The zero-order valence-electron chi connectivity index (χ0n) is 22.9. The second-order valence-electron chi connectivity index (χ2n) is 9.47. The Hall–Kier alpha value is -4.55. The van der Waals surface area contributed by atoms with Gasteiger partial charge in [0.05, 0.1) is 45.6 Å². The molecular formula is C28H21ClF5N7O2S. The van der Waals surface area contributed by atoms with Crippen LogP contribution in [0.4, 0.5) is 33.6 Å². The van der Waals surface area contributed by atoms with Gasteiger partial charge in [-0.05, 0) is 25.1 Å². The van der Waals surface area contributed by atoms with Crippen LogP contribution >= 0.6 is 23.4 Å². The van der Waals surface area contributed by atoms with Gasteiger partial charge in [-0.3, -0.25) is 0 Å². The molecule has 1 aliphatic heterocycles. The summed E-state index contributed by atoms with van der Waals surface area (Å²) in [6.45, 7) is 4.78. The minimum atomic E-state index is -5.23. The fourth-order valence-electron chi connectivity index (χ4n) is 5.03. The third kappa shape index (κ3) is 5.24. The van der Waals surface area contributed by atoms with Gasteiger partial charge in [0.2, 0.25) is 0 Å². The van der Waals surface area contributed by atoms with Crippen LogP contribution in [0.1, 0.15) is 29.7 Å². The summed E-state index contributed by atoms with van der Waals surface area (Å²) in [5.41, 5.74) is 7.75. The Labute approximate surface area is 256 Å². The lowest BCUT2D eigenvalue weighted by molar-refractivity contribution is -0.138. The summed E-state index contributed by atoms with van der Waals surface area (Å²) in [4.78, 5) is 13.5. The molecule has 0 fully saturated rings. The van der Waals surface area contributed by atoms with Crippen molar-refractivity contribution in [2.75, 3.05) is 30.9 Å². The molecule has 5 rings (SSSR count). The van der Waals surface area contributed by atoms with Crippen molar-refractivity contribution in [3.05, 3.63) is 69.4 Å². The second-order valence-corrected chi connectivity index (χ2v) is 11.0. The average molecular weight is 650 g/mol. The fourth-order valence-corrected chi connectivity index (χ4v) is 5.89. The van der Waals surface area contributed by atoms with Gasteiger partial charge >= 0.3 is 12.2 Å². The molecule has 3 heterocycles. The highest BCUT2D eigenvalue weighted by Gasteiger charge is 2.44. The minimum absolute atomic E-state index is 0.0370. The summed E-state index contributed by atoms with van der Waals surface area (Å²) in [6, 6.07) is 3.86. The molecule has 0 spiro atoms. The van der Waals surface area contributed by atoms with Crippen LogP contribution in [0.15, 0.2) is 40.9 Å². The molecule has 4 N–H and O–H groups in total. The number of anilines is 2. The smallest absolute Gasteiger partial charge is 0.420 e. The van der Waals surface area contributed by atoms with E-state index in [2.05, 4.69) is 21.5 Å². The van der Waals surface area contributed by atoms with E-state index in [0.717, 1.165) is 12.1 Å². The van der Waals surface area contributed by atoms with E-state index in [0.29, 0.717) is 17.3 Å². The number of hydrogen-bond acceptors (Lipinski definition) is 10. The van der Waals surface area contributed by atoms with Crippen LogP contribution in [0, 0.1) is 23.0 Å². The first kappa shape index (κ1) is 30.9. The van der Waals surface area contributed by atoms with Crippen molar-refractivity contribution in [3.63, 3.8) is 0 Å². The molecule has 16 heteroatoms. The van der Waals surface area contributed by atoms with Gasteiger partial charge in [-0.1, -0.05) is 29.9 Å². The van der Waals surface area contributed by atoms with Crippen molar-refractivity contribution >= 4 is 45.9 Å². The van der Waals surface area contributed by atoms with Crippen LogP contribution in [0.25, 0.3) is 22.0 Å². The molecule has 2 aromatic carbocycles. The highest BCUT2D eigenvalue weighted by Crippen LogP contribution is 2.53. The number of aromatic nitrogens is 3. The molecule has 0 amide bonds.